The van der Waals surface area contributed by atoms with Crippen LogP contribution in [0.1, 0.15) is 36.4 Å². The molecule has 0 aliphatic heterocycles. The molecule has 1 aromatic heterocycles. The molecule has 0 aliphatic rings. The highest BCUT2D eigenvalue weighted by Crippen LogP contribution is 2.36. The zero-order chi connectivity index (χ0) is 18.2. The van der Waals surface area contributed by atoms with Gasteiger partial charge in [-0.25, -0.2) is 0 Å². The van der Waals surface area contributed by atoms with Crippen LogP contribution in [0.3, 0.4) is 0 Å². The number of carbonyl (C=O) groups excluding carboxylic acids is 1. The summed E-state index contributed by atoms with van der Waals surface area (Å²) < 4.78 is 16.3. The summed E-state index contributed by atoms with van der Waals surface area (Å²) in [5, 5.41) is 3.20. The van der Waals surface area contributed by atoms with Gasteiger partial charge >= 0.3 is 0 Å². The molecule has 0 aliphatic carbocycles. The van der Waals surface area contributed by atoms with Crippen LogP contribution in [0.2, 0.25) is 5.02 Å². The van der Waals surface area contributed by atoms with E-state index in [-0.39, 0.29) is 5.91 Å². The number of halogens is 1. The van der Waals surface area contributed by atoms with Gasteiger partial charge < -0.3 is 19.2 Å². The number of furan rings is 1. The Labute approximate surface area is 153 Å². The fourth-order valence-corrected chi connectivity index (χ4v) is 2.51. The number of methoxy groups -OCH3 is 1. The van der Waals surface area contributed by atoms with Crippen molar-refractivity contribution in [2.45, 2.75) is 26.7 Å². The molecule has 0 saturated heterocycles. The van der Waals surface area contributed by atoms with Crippen molar-refractivity contribution in [2.24, 2.45) is 5.92 Å². The summed E-state index contributed by atoms with van der Waals surface area (Å²) in [6, 6.07) is 6.92. The van der Waals surface area contributed by atoms with Crippen molar-refractivity contribution in [3.05, 3.63) is 46.9 Å². The molecule has 0 fully saturated rings. The zero-order valence-electron chi connectivity index (χ0n) is 14.8. The fourth-order valence-electron chi connectivity index (χ4n) is 2.24. The molecule has 0 saturated carbocycles. The van der Waals surface area contributed by atoms with Crippen LogP contribution in [0, 0.1) is 5.92 Å². The number of hydrogen-bond acceptors (Lipinski definition) is 4. The van der Waals surface area contributed by atoms with Gasteiger partial charge in [0.05, 0.1) is 25.0 Å². The largest absolute Gasteiger partial charge is 0.493 e. The molecular weight excluding hydrogens is 342 g/mol. The molecule has 2 aromatic rings. The van der Waals surface area contributed by atoms with Gasteiger partial charge in [-0.3, -0.25) is 4.79 Å². The summed E-state index contributed by atoms with van der Waals surface area (Å²) in [5.74, 6) is 2.05. The molecule has 2 rings (SSSR count). The van der Waals surface area contributed by atoms with Crippen LogP contribution >= 0.6 is 11.6 Å². The molecule has 0 radical (unpaired) electrons. The van der Waals surface area contributed by atoms with E-state index in [0.29, 0.717) is 47.6 Å². The lowest BCUT2D eigenvalue weighted by Crippen LogP contribution is -2.25. The highest BCUT2D eigenvalue weighted by Gasteiger charge is 2.16. The number of amides is 1. The van der Waals surface area contributed by atoms with Gasteiger partial charge in [-0.2, -0.15) is 0 Å². The summed E-state index contributed by atoms with van der Waals surface area (Å²) in [4.78, 5) is 12.3. The van der Waals surface area contributed by atoms with Crippen LogP contribution in [0.5, 0.6) is 11.5 Å². The van der Waals surface area contributed by atoms with Gasteiger partial charge in [0.2, 0.25) is 0 Å². The molecule has 1 amide bonds. The Morgan fingerprint density at radius 1 is 1.36 bits per heavy atom. The van der Waals surface area contributed by atoms with E-state index < -0.39 is 0 Å². The molecule has 25 heavy (non-hydrogen) atoms. The second-order valence-corrected chi connectivity index (χ2v) is 6.51. The van der Waals surface area contributed by atoms with E-state index in [2.05, 4.69) is 19.2 Å². The Morgan fingerprint density at radius 3 is 2.80 bits per heavy atom. The van der Waals surface area contributed by atoms with Crippen LogP contribution in [-0.2, 0) is 6.42 Å². The molecular formula is C19H24ClNO4. The van der Waals surface area contributed by atoms with Crippen molar-refractivity contribution in [1.82, 2.24) is 5.32 Å². The molecule has 1 heterocycles. The Kier molecular flexibility index (Phi) is 7.19. The first-order chi connectivity index (χ1) is 12.0. The summed E-state index contributed by atoms with van der Waals surface area (Å²) in [7, 11) is 1.53. The lowest BCUT2D eigenvalue weighted by Gasteiger charge is -2.15. The molecule has 0 bridgehead atoms. The Morgan fingerprint density at radius 2 is 2.16 bits per heavy atom. The lowest BCUT2D eigenvalue weighted by atomic mass is 10.1. The normalized spacial score (nSPS) is 10.8. The molecule has 6 heteroatoms. The Balaban J connectivity index is 2.00. The highest BCUT2D eigenvalue weighted by atomic mass is 35.5. The number of rotatable bonds is 9. The zero-order valence-corrected chi connectivity index (χ0v) is 15.6. The standard InChI is InChI=1S/C19H24ClNO4/c1-13(2)7-10-25-18-16(20)11-14(12-17(18)23-3)19(22)21-8-6-15-5-4-9-24-15/h4-5,9,11-13H,6-8,10H2,1-3H3,(H,21,22). The van der Waals surface area contributed by atoms with Crippen molar-refractivity contribution in [3.8, 4) is 11.5 Å². The molecule has 0 atom stereocenters. The van der Waals surface area contributed by atoms with Crippen molar-refractivity contribution in [1.29, 1.82) is 0 Å². The van der Waals surface area contributed by atoms with E-state index in [9.17, 15) is 4.79 Å². The molecule has 1 aromatic carbocycles. The number of carbonyl (C=O) groups is 1. The van der Waals surface area contributed by atoms with Crippen molar-refractivity contribution < 1.29 is 18.7 Å². The molecule has 0 spiro atoms. The van der Waals surface area contributed by atoms with Crippen LogP contribution in [0.4, 0.5) is 0 Å². The van der Waals surface area contributed by atoms with Gasteiger partial charge in [-0.05, 0) is 36.6 Å². The van der Waals surface area contributed by atoms with Gasteiger partial charge in [0.15, 0.2) is 11.5 Å². The number of hydrogen-bond donors (Lipinski definition) is 1. The first-order valence-electron chi connectivity index (χ1n) is 8.32. The SMILES string of the molecule is COc1cc(C(=O)NCCc2ccco2)cc(Cl)c1OCCC(C)C. The minimum Gasteiger partial charge on any atom is -0.493 e. The predicted octanol–water partition coefficient (Wildman–Crippen LogP) is 4.34. The van der Waals surface area contributed by atoms with Gasteiger partial charge in [0.1, 0.15) is 5.76 Å². The van der Waals surface area contributed by atoms with E-state index in [0.717, 1.165) is 12.2 Å². The van der Waals surface area contributed by atoms with Gasteiger partial charge in [0, 0.05) is 18.5 Å². The first-order valence-corrected chi connectivity index (χ1v) is 8.70. The van der Waals surface area contributed by atoms with Gasteiger partial charge in [-0.15, -0.1) is 0 Å². The first kappa shape index (κ1) is 19.2. The second-order valence-electron chi connectivity index (χ2n) is 6.11. The number of benzene rings is 1. The van der Waals surface area contributed by atoms with E-state index >= 15 is 0 Å². The maximum absolute atomic E-state index is 12.3. The molecule has 1 N–H and O–H groups in total. The smallest absolute Gasteiger partial charge is 0.251 e. The van der Waals surface area contributed by atoms with Crippen molar-refractivity contribution in [2.75, 3.05) is 20.3 Å². The lowest BCUT2D eigenvalue weighted by molar-refractivity contribution is 0.0953. The topological polar surface area (TPSA) is 60.7 Å². The van der Waals surface area contributed by atoms with Crippen molar-refractivity contribution >= 4 is 17.5 Å². The third-order valence-corrected chi connectivity index (χ3v) is 3.95. The fraction of sp³-hybridized carbons (Fsp3) is 0.421. The minimum absolute atomic E-state index is 0.222. The third kappa shape index (κ3) is 5.71. The maximum Gasteiger partial charge on any atom is 0.251 e. The van der Waals surface area contributed by atoms with E-state index in [1.54, 1.807) is 18.4 Å². The van der Waals surface area contributed by atoms with Crippen LogP contribution in [-0.4, -0.2) is 26.2 Å². The summed E-state index contributed by atoms with van der Waals surface area (Å²) >= 11 is 6.29. The second kappa shape index (κ2) is 9.37. The Bertz CT molecular complexity index is 683. The summed E-state index contributed by atoms with van der Waals surface area (Å²) in [6.45, 7) is 5.26. The molecule has 0 unspecified atom stereocenters. The van der Waals surface area contributed by atoms with Crippen molar-refractivity contribution in [3.63, 3.8) is 0 Å². The molecule has 136 valence electrons. The maximum atomic E-state index is 12.3. The van der Waals surface area contributed by atoms with Gasteiger partial charge in [0.25, 0.3) is 5.91 Å². The van der Waals surface area contributed by atoms with E-state index in [4.69, 9.17) is 25.5 Å². The highest BCUT2D eigenvalue weighted by molar-refractivity contribution is 6.32. The number of ether oxygens (including phenoxy) is 2. The average Bonchev–Trinajstić information content (AvgIpc) is 3.08. The van der Waals surface area contributed by atoms with Crippen LogP contribution in [0.25, 0.3) is 0 Å². The van der Waals surface area contributed by atoms with E-state index in [1.165, 1.54) is 7.11 Å². The number of nitrogens with one attached hydrogen (secondary N) is 1. The van der Waals surface area contributed by atoms with Crippen LogP contribution in [0.15, 0.2) is 34.9 Å². The quantitative estimate of drug-likeness (QED) is 0.718. The molecule has 5 nitrogen and oxygen atoms in total. The van der Waals surface area contributed by atoms with Gasteiger partial charge in [-0.1, -0.05) is 25.4 Å². The third-order valence-electron chi connectivity index (χ3n) is 3.67. The van der Waals surface area contributed by atoms with E-state index in [1.807, 2.05) is 12.1 Å². The van der Waals surface area contributed by atoms with Crippen LogP contribution < -0.4 is 14.8 Å². The minimum atomic E-state index is -0.222. The monoisotopic (exact) mass is 365 g/mol. The summed E-state index contributed by atoms with van der Waals surface area (Å²) in [5.41, 5.74) is 0.428. The average molecular weight is 366 g/mol. The predicted molar refractivity (Wildman–Crippen MR) is 97.7 cm³/mol. The summed E-state index contributed by atoms with van der Waals surface area (Å²) in [6.07, 6.45) is 3.15. The Hall–Kier alpha value is -2.14.